The Morgan fingerprint density at radius 3 is 2.42 bits per heavy atom. The first kappa shape index (κ1) is 14.5. The molecule has 3 heteroatoms. The van der Waals surface area contributed by atoms with Gasteiger partial charge in [-0.15, -0.1) is 0 Å². The molecule has 1 heterocycles. The number of piperazine rings is 1. The molecule has 0 spiro atoms. The Bertz CT molecular complexity index is 401. The molecule has 3 nitrogen and oxygen atoms in total. The monoisotopic (exact) mass is 261 g/mol. The van der Waals surface area contributed by atoms with Gasteiger partial charge in [-0.05, 0) is 33.4 Å². The second-order valence-corrected chi connectivity index (χ2v) is 6.00. The Labute approximate surface area is 117 Å². The Morgan fingerprint density at radius 2 is 1.84 bits per heavy atom. The number of nitrogens with two attached hydrogens (primary N) is 1. The van der Waals surface area contributed by atoms with Crippen LogP contribution in [0.25, 0.3) is 0 Å². The molecule has 1 aromatic rings. The summed E-state index contributed by atoms with van der Waals surface area (Å²) >= 11 is 0. The van der Waals surface area contributed by atoms with Crippen LogP contribution in [0.15, 0.2) is 24.3 Å². The van der Waals surface area contributed by atoms with E-state index in [0.717, 1.165) is 19.6 Å². The quantitative estimate of drug-likeness (QED) is 0.903. The van der Waals surface area contributed by atoms with Gasteiger partial charge in [-0.1, -0.05) is 29.8 Å². The van der Waals surface area contributed by atoms with Gasteiger partial charge in [0.1, 0.15) is 0 Å². The van der Waals surface area contributed by atoms with Crippen molar-refractivity contribution in [1.82, 2.24) is 9.80 Å². The lowest BCUT2D eigenvalue weighted by atomic mass is 9.98. The largest absolute Gasteiger partial charge is 0.323 e. The van der Waals surface area contributed by atoms with Crippen LogP contribution in [0.1, 0.15) is 31.0 Å². The van der Waals surface area contributed by atoms with Gasteiger partial charge in [-0.25, -0.2) is 0 Å². The maximum Gasteiger partial charge on any atom is 0.0450 e. The average molecular weight is 261 g/mol. The summed E-state index contributed by atoms with van der Waals surface area (Å²) in [6, 6.07) is 9.71. The molecule has 0 aromatic heterocycles. The molecule has 0 bridgehead atoms. The maximum atomic E-state index is 6.44. The number of rotatable bonds is 3. The molecule has 1 aliphatic rings. The highest BCUT2D eigenvalue weighted by atomic mass is 15.3. The van der Waals surface area contributed by atoms with Gasteiger partial charge in [0.05, 0.1) is 0 Å². The molecule has 1 aliphatic heterocycles. The molecule has 2 rings (SSSR count). The van der Waals surface area contributed by atoms with Crippen LogP contribution in [0.2, 0.25) is 0 Å². The predicted octanol–water partition coefficient (Wildman–Crippen LogP) is 2.02. The third-order valence-corrected chi connectivity index (χ3v) is 4.55. The second kappa shape index (κ2) is 6.04. The van der Waals surface area contributed by atoms with Crippen molar-refractivity contribution in [3.8, 4) is 0 Å². The highest BCUT2D eigenvalue weighted by Gasteiger charge is 2.27. The van der Waals surface area contributed by atoms with E-state index in [2.05, 4.69) is 61.9 Å². The molecule has 0 saturated carbocycles. The lowest BCUT2D eigenvalue weighted by molar-refractivity contribution is 0.0686. The van der Waals surface area contributed by atoms with Crippen LogP contribution in [-0.2, 0) is 0 Å². The van der Waals surface area contributed by atoms with Crippen molar-refractivity contribution in [2.75, 3.05) is 26.7 Å². The SMILES string of the molecule is Cc1ccc(C(N)C(C)N2CCN(C)C(C)C2)cc1. The number of hydrogen-bond donors (Lipinski definition) is 1. The lowest BCUT2D eigenvalue weighted by Crippen LogP contribution is -2.54. The molecule has 0 amide bonds. The Hall–Kier alpha value is -0.900. The van der Waals surface area contributed by atoms with Crippen molar-refractivity contribution in [2.45, 2.75) is 38.9 Å². The number of benzene rings is 1. The summed E-state index contributed by atoms with van der Waals surface area (Å²) in [6.07, 6.45) is 0. The predicted molar refractivity (Wildman–Crippen MR) is 81.2 cm³/mol. The molecule has 1 saturated heterocycles. The molecule has 3 atom stereocenters. The normalized spacial score (nSPS) is 25.2. The van der Waals surface area contributed by atoms with Crippen LogP contribution in [0.3, 0.4) is 0 Å². The minimum Gasteiger partial charge on any atom is -0.323 e. The summed E-state index contributed by atoms with van der Waals surface area (Å²) < 4.78 is 0. The van der Waals surface area contributed by atoms with E-state index < -0.39 is 0 Å². The summed E-state index contributed by atoms with van der Waals surface area (Å²) in [5.74, 6) is 0. The molecule has 19 heavy (non-hydrogen) atoms. The van der Waals surface area contributed by atoms with Gasteiger partial charge in [-0.2, -0.15) is 0 Å². The summed E-state index contributed by atoms with van der Waals surface area (Å²) in [6.45, 7) is 10.0. The first-order valence-electron chi connectivity index (χ1n) is 7.25. The van der Waals surface area contributed by atoms with E-state index >= 15 is 0 Å². The van der Waals surface area contributed by atoms with Crippen molar-refractivity contribution in [3.05, 3.63) is 35.4 Å². The maximum absolute atomic E-state index is 6.44. The zero-order chi connectivity index (χ0) is 14.0. The molecule has 1 fully saturated rings. The first-order valence-corrected chi connectivity index (χ1v) is 7.25. The van der Waals surface area contributed by atoms with E-state index in [1.54, 1.807) is 0 Å². The summed E-state index contributed by atoms with van der Waals surface area (Å²) in [4.78, 5) is 4.94. The lowest BCUT2D eigenvalue weighted by Gasteiger charge is -2.42. The van der Waals surface area contributed by atoms with E-state index in [1.807, 2.05) is 0 Å². The van der Waals surface area contributed by atoms with Crippen molar-refractivity contribution >= 4 is 0 Å². The first-order chi connectivity index (χ1) is 8.99. The van der Waals surface area contributed by atoms with Gasteiger partial charge in [0.25, 0.3) is 0 Å². The van der Waals surface area contributed by atoms with Gasteiger partial charge in [0, 0.05) is 37.8 Å². The zero-order valence-corrected chi connectivity index (χ0v) is 12.6. The fourth-order valence-corrected chi connectivity index (χ4v) is 2.74. The minimum atomic E-state index is 0.0937. The Balaban J connectivity index is 2.02. The molecular formula is C16H27N3. The van der Waals surface area contributed by atoms with E-state index in [4.69, 9.17) is 5.73 Å². The highest BCUT2D eigenvalue weighted by Crippen LogP contribution is 2.21. The summed E-state index contributed by atoms with van der Waals surface area (Å²) in [5, 5.41) is 0. The number of likely N-dealkylation sites (N-methyl/N-ethyl adjacent to an activating group) is 1. The number of nitrogens with zero attached hydrogens (tertiary/aromatic N) is 2. The zero-order valence-electron chi connectivity index (χ0n) is 12.6. The summed E-state index contributed by atoms with van der Waals surface area (Å²) in [5.41, 5.74) is 8.97. The van der Waals surface area contributed by atoms with Crippen LogP contribution >= 0.6 is 0 Å². The molecular weight excluding hydrogens is 234 g/mol. The van der Waals surface area contributed by atoms with E-state index in [0.29, 0.717) is 12.1 Å². The second-order valence-electron chi connectivity index (χ2n) is 6.00. The Kier molecular flexibility index (Phi) is 4.61. The number of hydrogen-bond acceptors (Lipinski definition) is 3. The topological polar surface area (TPSA) is 32.5 Å². The molecule has 3 unspecified atom stereocenters. The van der Waals surface area contributed by atoms with Crippen LogP contribution in [0.4, 0.5) is 0 Å². The van der Waals surface area contributed by atoms with E-state index in [-0.39, 0.29) is 6.04 Å². The highest BCUT2D eigenvalue weighted by molar-refractivity contribution is 5.24. The van der Waals surface area contributed by atoms with Gasteiger partial charge >= 0.3 is 0 Å². The molecule has 2 N–H and O–H groups in total. The smallest absolute Gasteiger partial charge is 0.0450 e. The fourth-order valence-electron chi connectivity index (χ4n) is 2.74. The standard InChI is InChI=1S/C16H27N3/c1-12-5-7-15(8-6-12)16(17)14(3)19-10-9-18(4)13(2)11-19/h5-8,13-14,16H,9-11,17H2,1-4H3. The van der Waals surface area contributed by atoms with Crippen molar-refractivity contribution < 1.29 is 0 Å². The van der Waals surface area contributed by atoms with Gasteiger partial charge < -0.3 is 10.6 Å². The van der Waals surface area contributed by atoms with Crippen molar-refractivity contribution in [1.29, 1.82) is 0 Å². The van der Waals surface area contributed by atoms with Crippen LogP contribution in [-0.4, -0.2) is 48.6 Å². The minimum absolute atomic E-state index is 0.0937. The van der Waals surface area contributed by atoms with Crippen LogP contribution < -0.4 is 5.73 Å². The van der Waals surface area contributed by atoms with Gasteiger partial charge in [-0.3, -0.25) is 4.90 Å². The van der Waals surface area contributed by atoms with Crippen molar-refractivity contribution in [3.63, 3.8) is 0 Å². The van der Waals surface area contributed by atoms with Crippen LogP contribution in [0, 0.1) is 6.92 Å². The van der Waals surface area contributed by atoms with Crippen molar-refractivity contribution in [2.24, 2.45) is 5.73 Å². The molecule has 1 aromatic carbocycles. The van der Waals surface area contributed by atoms with E-state index in [9.17, 15) is 0 Å². The number of aryl methyl sites for hydroxylation is 1. The van der Waals surface area contributed by atoms with Gasteiger partial charge in [0.2, 0.25) is 0 Å². The third kappa shape index (κ3) is 3.35. The summed E-state index contributed by atoms with van der Waals surface area (Å²) in [7, 11) is 2.20. The van der Waals surface area contributed by atoms with E-state index in [1.165, 1.54) is 11.1 Å². The Morgan fingerprint density at radius 1 is 1.21 bits per heavy atom. The molecule has 106 valence electrons. The molecule has 0 aliphatic carbocycles. The third-order valence-electron chi connectivity index (χ3n) is 4.55. The molecule has 0 radical (unpaired) electrons. The van der Waals surface area contributed by atoms with Gasteiger partial charge in [0.15, 0.2) is 0 Å². The average Bonchev–Trinajstić information content (AvgIpc) is 2.41. The fraction of sp³-hybridized carbons (Fsp3) is 0.625. The van der Waals surface area contributed by atoms with Crippen LogP contribution in [0.5, 0.6) is 0 Å².